The van der Waals surface area contributed by atoms with E-state index in [1.165, 1.54) is 5.56 Å². The van der Waals surface area contributed by atoms with Crippen LogP contribution in [0.4, 0.5) is 5.69 Å². The zero-order chi connectivity index (χ0) is 13.9. The number of ether oxygens (including phenoxy) is 1. The van der Waals surface area contributed by atoms with Gasteiger partial charge in [-0.15, -0.1) is 0 Å². The lowest BCUT2D eigenvalue weighted by atomic mass is 9.87. The number of hydrogen-bond acceptors (Lipinski definition) is 2. The van der Waals surface area contributed by atoms with Crippen molar-refractivity contribution in [2.45, 2.75) is 32.8 Å². The van der Waals surface area contributed by atoms with Crippen LogP contribution in [0.5, 0.6) is 5.75 Å². The first-order valence-corrected chi connectivity index (χ1v) is 6.53. The van der Waals surface area contributed by atoms with Crippen LogP contribution >= 0.6 is 0 Å². The van der Waals surface area contributed by atoms with Crippen LogP contribution in [0.2, 0.25) is 0 Å². The van der Waals surface area contributed by atoms with E-state index in [-0.39, 0.29) is 5.41 Å². The van der Waals surface area contributed by atoms with E-state index in [0.29, 0.717) is 6.61 Å². The van der Waals surface area contributed by atoms with E-state index in [2.05, 4.69) is 32.9 Å². The number of anilines is 1. The van der Waals surface area contributed by atoms with Gasteiger partial charge in [-0.05, 0) is 29.2 Å². The van der Waals surface area contributed by atoms with Gasteiger partial charge in [0.15, 0.2) is 0 Å². The van der Waals surface area contributed by atoms with Crippen LogP contribution in [-0.4, -0.2) is 0 Å². The van der Waals surface area contributed by atoms with Crippen molar-refractivity contribution in [1.82, 2.24) is 0 Å². The van der Waals surface area contributed by atoms with E-state index in [1.54, 1.807) is 0 Å². The van der Waals surface area contributed by atoms with E-state index in [1.807, 2.05) is 36.4 Å². The molecule has 0 aliphatic heterocycles. The van der Waals surface area contributed by atoms with Gasteiger partial charge in [-0.2, -0.15) is 0 Å². The summed E-state index contributed by atoms with van der Waals surface area (Å²) < 4.78 is 5.76. The first kappa shape index (κ1) is 13.5. The molecule has 0 aliphatic rings. The van der Waals surface area contributed by atoms with E-state index in [9.17, 15) is 0 Å². The number of benzene rings is 2. The third-order valence-electron chi connectivity index (χ3n) is 3.17. The second kappa shape index (κ2) is 5.35. The van der Waals surface area contributed by atoms with Crippen molar-refractivity contribution in [2.75, 3.05) is 5.73 Å². The van der Waals surface area contributed by atoms with Crippen molar-refractivity contribution in [3.8, 4) is 5.75 Å². The summed E-state index contributed by atoms with van der Waals surface area (Å²) >= 11 is 0. The molecule has 0 atom stereocenters. The number of nitrogen functional groups attached to an aromatic ring is 1. The molecule has 0 saturated carbocycles. The van der Waals surface area contributed by atoms with Crippen LogP contribution in [0.3, 0.4) is 0 Å². The van der Waals surface area contributed by atoms with Crippen molar-refractivity contribution in [3.05, 3.63) is 59.7 Å². The van der Waals surface area contributed by atoms with Gasteiger partial charge in [-0.1, -0.05) is 51.1 Å². The Morgan fingerprint density at radius 1 is 0.947 bits per heavy atom. The molecule has 0 heterocycles. The zero-order valence-electron chi connectivity index (χ0n) is 11.8. The Morgan fingerprint density at radius 3 is 2.16 bits per heavy atom. The second-order valence-electron chi connectivity index (χ2n) is 5.76. The highest BCUT2D eigenvalue weighted by molar-refractivity contribution is 5.46. The van der Waals surface area contributed by atoms with Crippen LogP contribution in [-0.2, 0) is 12.0 Å². The van der Waals surface area contributed by atoms with Gasteiger partial charge >= 0.3 is 0 Å². The van der Waals surface area contributed by atoms with Gasteiger partial charge < -0.3 is 10.5 Å². The monoisotopic (exact) mass is 255 g/mol. The lowest BCUT2D eigenvalue weighted by molar-refractivity contribution is 0.306. The molecular formula is C17H21NO. The van der Waals surface area contributed by atoms with Gasteiger partial charge in [-0.3, -0.25) is 0 Å². The van der Waals surface area contributed by atoms with E-state index in [0.717, 1.165) is 17.0 Å². The van der Waals surface area contributed by atoms with Gasteiger partial charge in [0, 0.05) is 11.3 Å². The highest BCUT2D eigenvalue weighted by atomic mass is 16.5. The number of rotatable bonds is 3. The van der Waals surface area contributed by atoms with Crippen molar-refractivity contribution >= 4 is 5.69 Å². The van der Waals surface area contributed by atoms with Crippen molar-refractivity contribution in [1.29, 1.82) is 0 Å². The molecule has 0 aromatic heterocycles. The van der Waals surface area contributed by atoms with Crippen LogP contribution < -0.4 is 10.5 Å². The van der Waals surface area contributed by atoms with Gasteiger partial charge in [0.2, 0.25) is 0 Å². The smallest absolute Gasteiger partial charge is 0.119 e. The van der Waals surface area contributed by atoms with Gasteiger partial charge in [0.1, 0.15) is 12.4 Å². The molecule has 100 valence electrons. The molecule has 2 N–H and O–H groups in total. The first-order chi connectivity index (χ1) is 8.97. The Balaban J connectivity index is 2.03. The van der Waals surface area contributed by atoms with E-state index < -0.39 is 0 Å². The molecular weight excluding hydrogens is 234 g/mol. The summed E-state index contributed by atoms with van der Waals surface area (Å²) in [4.78, 5) is 0. The fraction of sp³-hybridized carbons (Fsp3) is 0.294. The minimum absolute atomic E-state index is 0.169. The Labute approximate surface area is 115 Å². The van der Waals surface area contributed by atoms with Crippen molar-refractivity contribution in [2.24, 2.45) is 0 Å². The predicted octanol–water partition coefficient (Wildman–Crippen LogP) is 4.15. The average molecular weight is 255 g/mol. The van der Waals surface area contributed by atoms with Crippen LogP contribution in [0, 0.1) is 0 Å². The molecule has 0 unspecified atom stereocenters. The molecule has 0 bridgehead atoms. The molecule has 2 aromatic rings. The third-order valence-corrected chi connectivity index (χ3v) is 3.17. The highest BCUT2D eigenvalue weighted by Crippen LogP contribution is 2.24. The minimum atomic E-state index is 0.169. The quantitative estimate of drug-likeness (QED) is 0.836. The Bertz CT molecular complexity index is 538. The Hall–Kier alpha value is -1.96. The molecule has 0 fully saturated rings. The normalized spacial score (nSPS) is 11.3. The molecule has 2 rings (SSSR count). The van der Waals surface area contributed by atoms with E-state index >= 15 is 0 Å². The zero-order valence-corrected chi connectivity index (χ0v) is 11.8. The second-order valence-corrected chi connectivity index (χ2v) is 5.76. The molecule has 0 radical (unpaired) electrons. The summed E-state index contributed by atoms with van der Waals surface area (Å²) in [6, 6.07) is 16.0. The molecule has 19 heavy (non-hydrogen) atoms. The number of para-hydroxylation sites is 1. The lowest BCUT2D eigenvalue weighted by Crippen LogP contribution is -2.10. The maximum Gasteiger partial charge on any atom is 0.119 e. The molecule has 0 aliphatic carbocycles. The summed E-state index contributed by atoms with van der Waals surface area (Å²) in [5, 5.41) is 0. The lowest BCUT2D eigenvalue weighted by Gasteiger charge is -2.19. The van der Waals surface area contributed by atoms with Gasteiger partial charge in [-0.25, -0.2) is 0 Å². The SMILES string of the molecule is CC(C)(C)c1ccc(OCc2ccccc2N)cc1. The highest BCUT2D eigenvalue weighted by Gasteiger charge is 2.12. The third kappa shape index (κ3) is 3.50. The van der Waals surface area contributed by atoms with Crippen molar-refractivity contribution < 1.29 is 4.74 Å². The molecule has 2 nitrogen and oxygen atoms in total. The molecule has 0 spiro atoms. The van der Waals surface area contributed by atoms with Gasteiger partial charge in [0.25, 0.3) is 0 Å². The fourth-order valence-corrected chi connectivity index (χ4v) is 1.88. The largest absolute Gasteiger partial charge is 0.489 e. The topological polar surface area (TPSA) is 35.2 Å². The maximum absolute atomic E-state index is 5.89. The van der Waals surface area contributed by atoms with E-state index in [4.69, 9.17) is 10.5 Å². The molecule has 0 saturated heterocycles. The number of hydrogen-bond donors (Lipinski definition) is 1. The van der Waals surface area contributed by atoms with Gasteiger partial charge in [0.05, 0.1) is 0 Å². The minimum Gasteiger partial charge on any atom is -0.489 e. The fourth-order valence-electron chi connectivity index (χ4n) is 1.88. The average Bonchev–Trinajstić information content (AvgIpc) is 2.37. The van der Waals surface area contributed by atoms with Crippen molar-refractivity contribution in [3.63, 3.8) is 0 Å². The summed E-state index contributed by atoms with van der Waals surface area (Å²) in [5.41, 5.74) is 9.15. The predicted molar refractivity (Wildman–Crippen MR) is 80.3 cm³/mol. The van der Waals surface area contributed by atoms with Crippen LogP contribution in [0.1, 0.15) is 31.9 Å². The maximum atomic E-state index is 5.89. The number of nitrogens with two attached hydrogens (primary N) is 1. The summed E-state index contributed by atoms with van der Waals surface area (Å²) in [5.74, 6) is 0.872. The first-order valence-electron chi connectivity index (χ1n) is 6.53. The molecule has 2 heteroatoms. The summed E-state index contributed by atoms with van der Waals surface area (Å²) in [6.45, 7) is 7.11. The molecule has 0 amide bonds. The Kier molecular flexibility index (Phi) is 3.79. The van der Waals surface area contributed by atoms with Crippen LogP contribution in [0.15, 0.2) is 48.5 Å². The summed E-state index contributed by atoms with van der Waals surface area (Å²) in [7, 11) is 0. The Morgan fingerprint density at radius 2 is 1.58 bits per heavy atom. The van der Waals surface area contributed by atoms with Crippen LogP contribution in [0.25, 0.3) is 0 Å². The standard InChI is InChI=1S/C17H21NO/c1-17(2,3)14-8-10-15(11-9-14)19-12-13-6-4-5-7-16(13)18/h4-11H,12,18H2,1-3H3. The summed E-state index contributed by atoms with van der Waals surface area (Å²) in [6.07, 6.45) is 0. The molecule has 2 aromatic carbocycles.